The topological polar surface area (TPSA) is 48.1 Å². The minimum absolute atomic E-state index is 0.0117. The Morgan fingerprint density at radius 1 is 1.38 bits per heavy atom. The molecular weight excluding hydrogens is 200 g/mol. The number of pyridine rings is 1. The van der Waals surface area contributed by atoms with Crippen molar-refractivity contribution in [1.82, 2.24) is 4.98 Å². The first-order chi connectivity index (χ1) is 7.68. The minimum Gasteiger partial charge on any atom is -0.377 e. The molecule has 0 bridgehead atoms. The van der Waals surface area contributed by atoms with E-state index >= 15 is 0 Å². The minimum atomic E-state index is -0.225. The van der Waals surface area contributed by atoms with Crippen molar-refractivity contribution in [3.8, 4) is 0 Å². The van der Waals surface area contributed by atoms with E-state index in [1.807, 2.05) is 18.2 Å². The normalized spacial score (nSPS) is 13.8. The Balaban J connectivity index is 2.73. The Morgan fingerprint density at radius 3 is 2.50 bits per heavy atom. The summed E-state index contributed by atoms with van der Waals surface area (Å²) in [7, 11) is 1.74. The standard InChI is InChI=1S/C13H22N2O/c1-4-13(5-2,16-3)12(14)10-11-8-6-7-9-15-11/h6-9,12H,4-5,10,14H2,1-3H3. The van der Waals surface area contributed by atoms with Crippen molar-refractivity contribution in [2.45, 2.75) is 44.8 Å². The van der Waals surface area contributed by atoms with Crippen LogP contribution in [0.2, 0.25) is 0 Å². The van der Waals surface area contributed by atoms with Gasteiger partial charge in [-0.05, 0) is 25.0 Å². The second kappa shape index (κ2) is 5.97. The van der Waals surface area contributed by atoms with E-state index in [2.05, 4.69) is 18.8 Å². The summed E-state index contributed by atoms with van der Waals surface area (Å²) in [6, 6.07) is 5.90. The van der Waals surface area contributed by atoms with E-state index in [1.165, 1.54) is 0 Å². The molecule has 90 valence electrons. The highest BCUT2D eigenvalue weighted by Crippen LogP contribution is 2.24. The molecule has 2 N–H and O–H groups in total. The van der Waals surface area contributed by atoms with Gasteiger partial charge in [0.1, 0.15) is 0 Å². The molecule has 1 heterocycles. The molecule has 0 saturated carbocycles. The van der Waals surface area contributed by atoms with Crippen LogP contribution in [0.1, 0.15) is 32.4 Å². The van der Waals surface area contributed by atoms with E-state index in [0.717, 1.165) is 25.0 Å². The van der Waals surface area contributed by atoms with Crippen LogP contribution in [0, 0.1) is 0 Å². The average Bonchev–Trinajstić information content (AvgIpc) is 2.33. The summed E-state index contributed by atoms with van der Waals surface area (Å²) in [5.41, 5.74) is 7.05. The predicted molar refractivity (Wildman–Crippen MR) is 66.2 cm³/mol. The molecular formula is C13H22N2O. The maximum Gasteiger partial charge on any atom is 0.0827 e. The van der Waals surface area contributed by atoms with E-state index < -0.39 is 0 Å². The van der Waals surface area contributed by atoms with Gasteiger partial charge < -0.3 is 10.5 Å². The Morgan fingerprint density at radius 2 is 2.06 bits per heavy atom. The van der Waals surface area contributed by atoms with Crippen LogP contribution in [-0.4, -0.2) is 23.7 Å². The van der Waals surface area contributed by atoms with Gasteiger partial charge in [0.25, 0.3) is 0 Å². The number of hydrogen-bond acceptors (Lipinski definition) is 3. The number of hydrogen-bond donors (Lipinski definition) is 1. The third kappa shape index (κ3) is 2.80. The molecule has 0 aromatic carbocycles. The van der Waals surface area contributed by atoms with Crippen molar-refractivity contribution >= 4 is 0 Å². The predicted octanol–water partition coefficient (Wildman–Crippen LogP) is 2.16. The smallest absolute Gasteiger partial charge is 0.0827 e. The van der Waals surface area contributed by atoms with Crippen LogP contribution < -0.4 is 5.73 Å². The van der Waals surface area contributed by atoms with Gasteiger partial charge in [0.2, 0.25) is 0 Å². The highest BCUT2D eigenvalue weighted by molar-refractivity contribution is 5.07. The van der Waals surface area contributed by atoms with Gasteiger partial charge >= 0.3 is 0 Å². The number of nitrogens with two attached hydrogens (primary N) is 1. The molecule has 1 aromatic heterocycles. The third-order valence-electron chi connectivity index (χ3n) is 3.43. The zero-order valence-corrected chi connectivity index (χ0v) is 10.4. The average molecular weight is 222 g/mol. The molecule has 3 nitrogen and oxygen atoms in total. The van der Waals surface area contributed by atoms with Crippen molar-refractivity contribution in [1.29, 1.82) is 0 Å². The molecule has 0 fully saturated rings. The number of methoxy groups -OCH3 is 1. The molecule has 0 amide bonds. The molecule has 0 radical (unpaired) electrons. The van der Waals surface area contributed by atoms with E-state index in [1.54, 1.807) is 13.3 Å². The Hall–Kier alpha value is -0.930. The second-order valence-electron chi connectivity index (χ2n) is 4.11. The summed E-state index contributed by atoms with van der Waals surface area (Å²) in [4.78, 5) is 4.30. The highest BCUT2D eigenvalue weighted by Gasteiger charge is 2.33. The van der Waals surface area contributed by atoms with Gasteiger partial charge in [-0.1, -0.05) is 19.9 Å². The molecule has 0 aliphatic heterocycles. The molecule has 0 spiro atoms. The van der Waals surface area contributed by atoms with Crippen molar-refractivity contribution in [3.63, 3.8) is 0 Å². The van der Waals surface area contributed by atoms with Crippen LogP contribution in [-0.2, 0) is 11.2 Å². The van der Waals surface area contributed by atoms with Crippen LogP contribution in [0.4, 0.5) is 0 Å². The van der Waals surface area contributed by atoms with E-state index in [-0.39, 0.29) is 11.6 Å². The Bertz CT molecular complexity index is 288. The van der Waals surface area contributed by atoms with Gasteiger partial charge in [0.05, 0.1) is 5.60 Å². The monoisotopic (exact) mass is 222 g/mol. The van der Waals surface area contributed by atoms with Crippen molar-refractivity contribution < 1.29 is 4.74 Å². The summed E-state index contributed by atoms with van der Waals surface area (Å²) in [5, 5.41) is 0. The first-order valence-electron chi connectivity index (χ1n) is 5.89. The van der Waals surface area contributed by atoms with Crippen molar-refractivity contribution in [3.05, 3.63) is 30.1 Å². The molecule has 0 aliphatic rings. The summed E-state index contributed by atoms with van der Waals surface area (Å²) in [6.07, 6.45) is 4.41. The summed E-state index contributed by atoms with van der Waals surface area (Å²) in [5.74, 6) is 0. The summed E-state index contributed by atoms with van der Waals surface area (Å²) >= 11 is 0. The van der Waals surface area contributed by atoms with Crippen LogP contribution >= 0.6 is 0 Å². The highest BCUT2D eigenvalue weighted by atomic mass is 16.5. The molecule has 0 saturated heterocycles. The molecule has 1 rings (SSSR count). The lowest BCUT2D eigenvalue weighted by atomic mass is 9.86. The van der Waals surface area contributed by atoms with E-state index in [4.69, 9.17) is 10.5 Å². The number of ether oxygens (including phenoxy) is 1. The van der Waals surface area contributed by atoms with Gasteiger partial charge in [-0.2, -0.15) is 0 Å². The Kier molecular flexibility index (Phi) is 4.90. The fraction of sp³-hybridized carbons (Fsp3) is 0.615. The van der Waals surface area contributed by atoms with Gasteiger partial charge in [-0.25, -0.2) is 0 Å². The number of aromatic nitrogens is 1. The lowest BCUT2D eigenvalue weighted by molar-refractivity contribution is -0.0376. The quantitative estimate of drug-likeness (QED) is 0.802. The van der Waals surface area contributed by atoms with Crippen molar-refractivity contribution in [2.75, 3.05) is 7.11 Å². The zero-order valence-electron chi connectivity index (χ0n) is 10.4. The fourth-order valence-electron chi connectivity index (χ4n) is 2.14. The summed E-state index contributed by atoms with van der Waals surface area (Å²) < 4.78 is 5.62. The maximum atomic E-state index is 6.25. The second-order valence-corrected chi connectivity index (χ2v) is 4.11. The first-order valence-corrected chi connectivity index (χ1v) is 5.89. The maximum absolute atomic E-state index is 6.25. The Labute approximate surface area is 98.0 Å². The molecule has 0 aliphatic carbocycles. The van der Waals surface area contributed by atoms with Crippen molar-refractivity contribution in [2.24, 2.45) is 5.73 Å². The van der Waals surface area contributed by atoms with Crippen LogP contribution in [0.5, 0.6) is 0 Å². The third-order valence-corrected chi connectivity index (χ3v) is 3.43. The molecule has 1 aromatic rings. The van der Waals surface area contributed by atoms with Crippen LogP contribution in [0.3, 0.4) is 0 Å². The molecule has 1 atom stereocenters. The molecule has 3 heteroatoms. The molecule has 16 heavy (non-hydrogen) atoms. The fourth-order valence-corrected chi connectivity index (χ4v) is 2.14. The van der Waals surface area contributed by atoms with E-state index in [0.29, 0.717) is 0 Å². The number of nitrogens with zero attached hydrogens (tertiary/aromatic N) is 1. The number of rotatable bonds is 6. The van der Waals surface area contributed by atoms with Gasteiger partial charge in [-0.15, -0.1) is 0 Å². The van der Waals surface area contributed by atoms with Gasteiger partial charge in [0, 0.05) is 31.5 Å². The van der Waals surface area contributed by atoms with Gasteiger partial charge in [0.15, 0.2) is 0 Å². The largest absolute Gasteiger partial charge is 0.377 e. The lowest BCUT2D eigenvalue weighted by Crippen LogP contribution is -2.50. The summed E-state index contributed by atoms with van der Waals surface area (Å²) in [6.45, 7) is 4.23. The molecule has 1 unspecified atom stereocenters. The van der Waals surface area contributed by atoms with Crippen LogP contribution in [0.25, 0.3) is 0 Å². The zero-order chi connectivity index (χ0) is 12.0. The van der Waals surface area contributed by atoms with Crippen LogP contribution in [0.15, 0.2) is 24.4 Å². The lowest BCUT2D eigenvalue weighted by Gasteiger charge is -2.36. The SMILES string of the molecule is CCC(CC)(OC)C(N)Cc1ccccn1. The first kappa shape index (κ1) is 13.1. The van der Waals surface area contributed by atoms with Gasteiger partial charge in [-0.3, -0.25) is 4.98 Å². The van der Waals surface area contributed by atoms with E-state index in [9.17, 15) is 0 Å².